The van der Waals surface area contributed by atoms with Crippen molar-refractivity contribution in [2.75, 3.05) is 58.3 Å². The summed E-state index contributed by atoms with van der Waals surface area (Å²) in [4.78, 5) is 46.3. The first-order chi connectivity index (χ1) is 23.6. The minimum absolute atomic E-state index is 0.0460. The molecule has 0 atom stereocenters. The third-order valence-corrected chi connectivity index (χ3v) is 9.72. The molecule has 4 heterocycles. The Labute approximate surface area is 287 Å². The zero-order valence-corrected chi connectivity index (χ0v) is 29.1. The fraction of sp³-hybridized carbons (Fsp3) is 0.528. The Morgan fingerprint density at radius 1 is 1.12 bits per heavy atom. The SMILES string of the molecule is CCN(C(=O)c1cc(F)ccc1Oc1cncnc1N1CC2(CC(Oc3ccnc4c3CN(CCCNC(=O)N(C)C)CC4)C2)C1)C(C)C. The van der Waals surface area contributed by atoms with Gasteiger partial charge in [0.05, 0.1) is 11.8 Å². The van der Waals surface area contributed by atoms with Crippen molar-refractivity contribution in [1.29, 1.82) is 0 Å². The number of pyridine rings is 1. The number of urea groups is 1. The highest BCUT2D eigenvalue weighted by Crippen LogP contribution is 2.52. The predicted molar refractivity (Wildman–Crippen MR) is 184 cm³/mol. The topological polar surface area (TPSA) is 116 Å². The molecule has 3 aromatic rings. The van der Waals surface area contributed by atoms with E-state index < -0.39 is 5.82 Å². The van der Waals surface area contributed by atoms with E-state index in [1.807, 2.05) is 33.0 Å². The number of nitrogens with zero attached hydrogens (tertiary/aromatic N) is 7. The van der Waals surface area contributed by atoms with E-state index in [2.05, 4.69) is 30.1 Å². The lowest BCUT2D eigenvalue weighted by Gasteiger charge is -2.59. The van der Waals surface area contributed by atoms with E-state index in [4.69, 9.17) is 9.47 Å². The maximum absolute atomic E-state index is 14.3. The molecule has 2 fully saturated rings. The number of hydrogen-bond acceptors (Lipinski definition) is 9. The van der Waals surface area contributed by atoms with E-state index >= 15 is 0 Å². The lowest BCUT2D eigenvalue weighted by atomic mass is 9.61. The molecule has 2 aliphatic heterocycles. The third kappa shape index (κ3) is 7.56. The van der Waals surface area contributed by atoms with Gasteiger partial charge < -0.3 is 29.5 Å². The normalized spacial score (nSPS) is 16.8. The largest absolute Gasteiger partial charge is 0.490 e. The summed E-state index contributed by atoms with van der Waals surface area (Å²) in [7, 11) is 3.48. The molecule has 1 aliphatic carbocycles. The van der Waals surface area contributed by atoms with E-state index in [-0.39, 0.29) is 40.8 Å². The molecular formula is C36H47FN8O4. The fourth-order valence-electron chi connectivity index (χ4n) is 7.16. The Morgan fingerprint density at radius 2 is 1.92 bits per heavy atom. The minimum atomic E-state index is -0.501. The number of benzene rings is 1. The van der Waals surface area contributed by atoms with Crippen LogP contribution in [0.2, 0.25) is 0 Å². The summed E-state index contributed by atoms with van der Waals surface area (Å²) in [5, 5.41) is 2.94. The van der Waals surface area contributed by atoms with Crippen LogP contribution in [0.15, 0.2) is 43.0 Å². The maximum Gasteiger partial charge on any atom is 0.316 e. The summed E-state index contributed by atoms with van der Waals surface area (Å²) >= 11 is 0. The molecule has 12 nitrogen and oxygen atoms in total. The average molecular weight is 675 g/mol. The Kier molecular flexibility index (Phi) is 10.2. The van der Waals surface area contributed by atoms with Gasteiger partial charge in [-0.1, -0.05) is 0 Å². The molecule has 3 aliphatic rings. The van der Waals surface area contributed by atoms with Crippen molar-refractivity contribution in [3.05, 3.63) is 65.6 Å². The van der Waals surface area contributed by atoms with Gasteiger partial charge in [0.15, 0.2) is 11.6 Å². The molecule has 49 heavy (non-hydrogen) atoms. The number of aromatic nitrogens is 3. The Balaban J connectivity index is 1.05. The van der Waals surface area contributed by atoms with Crippen LogP contribution in [-0.2, 0) is 13.0 Å². The molecular weight excluding hydrogens is 627 g/mol. The van der Waals surface area contributed by atoms with Crippen LogP contribution in [0, 0.1) is 11.2 Å². The van der Waals surface area contributed by atoms with Crippen LogP contribution >= 0.6 is 0 Å². The van der Waals surface area contributed by atoms with Gasteiger partial charge in [-0.25, -0.2) is 19.2 Å². The predicted octanol–water partition coefficient (Wildman–Crippen LogP) is 4.74. The quantitative estimate of drug-likeness (QED) is 0.272. The molecule has 262 valence electrons. The number of carbonyl (C=O) groups is 2. The van der Waals surface area contributed by atoms with Crippen LogP contribution in [0.1, 0.15) is 61.6 Å². The van der Waals surface area contributed by atoms with Crippen molar-refractivity contribution < 1.29 is 23.5 Å². The summed E-state index contributed by atoms with van der Waals surface area (Å²) in [6.45, 7) is 11.1. The number of rotatable bonds is 12. The first-order valence-electron chi connectivity index (χ1n) is 17.2. The molecule has 2 aromatic heterocycles. The van der Waals surface area contributed by atoms with E-state index in [9.17, 15) is 14.0 Å². The van der Waals surface area contributed by atoms with E-state index in [1.165, 1.54) is 30.1 Å². The van der Waals surface area contributed by atoms with Gasteiger partial charge in [0, 0.05) is 95.2 Å². The summed E-state index contributed by atoms with van der Waals surface area (Å²) in [6.07, 6.45) is 8.69. The van der Waals surface area contributed by atoms with Gasteiger partial charge in [-0.2, -0.15) is 0 Å². The second-order valence-electron chi connectivity index (χ2n) is 13.9. The molecule has 0 bridgehead atoms. The first kappa shape index (κ1) is 34.3. The van der Waals surface area contributed by atoms with Crippen molar-refractivity contribution in [2.45, 2.75) is 65.1 Å². The van der Waals surface area contributed by atoms with Crippen LogP contribution in [0.25, 0.3) is 0 Å². The summed E-state index contributed by atoms with van der Waals surface area (Å²) in [6, 6.07) is 5.88. The molecule has 6 rings (SSSR count). The van der Waals surface area contributed by atoms with Gasteiger partial charge in [-0.3, -0.25) is 14.7 Å². The van der Waals surface area contributed by atoms with E-state index in [0.717, 1.165) is 69.9 Å². The highest BCUT2D eigenvalue weighted by atomic mass is 19.1. The number of ether oxygens (including phenoxy) is 2. The number of halogens is 1. The van der Waals surface area contributed by atoms with Crippen molar-refractivity contribution in [2.24, 2.45) is 5.41 Å². The number of anilines is 1. The number of hydrogen-bond donors (Lipinski definition) is 1. The zero-order chi connectivity index (χ0) is 34.7. The third-order valence-electron chi connectivity index (χ3n) is 9.72. The molecule has 1 aromatic carbocycles. The number of amides is 3. The van der Waals surface area contributed by atoms with E-state index in [0.29, 0.717) is 24.7 Å². The summed E-state index contributed by atoms with van der Waals surface area (Å²) < 4.78 is 27.1. The average Bonchev–Trinajstić information content (AvgIpc) is 3.04. The lowest BCUT2D eigenvalue weighted by molar-refractivity contribution is -0.0352. The van der Waals surface area contributed by atoms with Crippen molar-refractivity contribution >= 4 is 17.8 Å². The van der Waals surface area contributed by atoms with Crippen LogP contribution in [0.5, 0.6) is 17.2 Å². The molecule has 13 heteroatoms. The second kappa shape index (κ2) is 14.5. The number of nitrogens with one attached hydrogen (secondary N) is 1. The maximum atomic E-state index is 14.3. The Bertz CT molecular complexity index is 1660. The number of carbonyl (C=O) groups excluding carboxylic acids is 2. The van der Waals surface area contributed by atoms with Gasteiger partial charge in [-0.15, -0.1) is 0 Å². The molecule has 0 unspecified atom stereocenters. The van der Waals surface area contributed by atoms with Gasteiger partial charge in [0.25, 0.3) is 5.91 Å². The highest BCUT2D eigenvalue weighted by Gasteiger charge is 2.54. The monoisotopic (exact) mass is 674 g/mol. The van der Waals surface area contributed by atoms with E-state index in [1.54, 1.807) is 30.1 Å². The van der Waals surface area contributed by atoms with Crippen molar-refractivity contribution in [3.63, 3.8) is 0 Å². The lowest BCUT2D eigenvalue weighted by Crippen LogP contribution is -2.65. The Morgan fingerprint density at radius 3 is 2.65 bits per heavy atom. The fourth-order valence-corrected chi connectivity index (χ4v) is 7.16. The zero-order valence-electron chi connectivity index (χ0n) is 29.1. The van der Waals surface area contributed by atoms with Gasteiger partial charge in [0.1, 0.15) is 29.7 Å². The van der Waals surface area contributed by atoms with Gasteiger partial charge >= 0.3 is 6.03 Å². The van der Waals surface area contributed by atoms with Gasteiger partial charge in [0.2, 0.25) is 0 Å². The molecule has 0 radical (unpaired) electrons. The molecule has 3 amide bonds. The van der Waals surface area contributed by atoms with Crippen molar-refractivity contribution in [3.8, 4) is 17.2 Å². The first-order valence-corrected chi connectivity index (χ1v) is 17.2. The van der Waals surface area contributed by atoms with Gasteiger partial charge in [-0.05, 0) is 64.3 Å². The molecule has 1 saturated heterocycles. The number of fused-ring (bicyclic) bond motifs is 1. The summed E-state index contributed by atoms with van der Waals surface area (Å²) in [5.74, 6) is 1.46. The summed E-state index contributed by atoms with van der Waals surface area (Å²) in [5.41, 5.74) is 2.57. The molecule has 1 saturated carbocycles. The van der Waals surface area contributed by atoms with Crippen LogP contribution in [0.4, 0.5) is 15.0 Å². The standard InChI is InChI=1S/C36H47FN8O4/c1-6-45(24(2)3)34(46)27-16-25(37)8-9-30(27)49-32-19-38-23-41-33(32)44-21-36(22-44)17-26(18-36)48-31-10-13-39-29-11-15-43(20-28(29)31)14-7-12-40-35(47)42(4)5/h8-10,13,16,19,23-24,26H,6-7,11-12,14-15,17-18,20-22H2,1-5H3,(H,40,47). The Hall–Kier alpha value is -4.52. The van der Waals surface area contributed by atoms with Crippen LogP contribution in [-0.4, -0.2) is 107 Å². The van der Waals surface area contributed by atoms with Crippen LogP contribution < -0.4 is 19.7 Å². The highest BCUT2D eigenvalue weighted by molar-refractivity contribution is 5.97. The minimum Gasteiger partial charge on any atom is -0.490 e. The second-order valence-corrected chi connectivity index (χ2v) is 13.9. The smallest absolute Gasteiger partial charge is 0.316 e. The molecule has 1 spiro atoms. The van der Waals surface area contributed by atoms with Crippen molar-refractivity contribution in [1.82, 2.24) is 35.0 Å². The molecule has 1 N–H and O–H groups in total. The van der Waals surface area contributed by atoms with Crippen LogP contribution in [0.3, 0.4) is 0 Å².